The monoisotopic (exact) mass is 326 g/mol. The van der Waals surface area contributed by atoms with Crippen LogP contribution in [0.25, 0.3) is 0 Å². The summed E-state index contributed by atoms with van der Waals surface area (Å²) in [6, 6.07) is 6.37. The van der Waals surface area contributed by atoms with Crippen LogP contribution in [0.15, 0.2) is 35.8 Å². The van der Waals surface area contributed by atoms with Gasteiger partial charge in [0.25, 0.3) is 0 Å². The van der Waals surface area contributed by atoms with Crippen molar-refractivity contribution in [2.45, 2.75) is 39.5 Å². The zero-order valence-corrected chi connectivity index (χ0v) is 13.7. The van der Waals surface area contributed by atoms with Gasteiger partial charge in [-0.15, -0.1) is 0 Å². The standard InChI is InChI=1S/C16H20N4.Ni/c1-11(2)13-6-5-7-14(12(3)4)16(13)18-8-15-19-9-17-10-20-15;/h5-12H,1-4H3;. The number of benzene rings is 1. The predicted molar refractivity (Wildman–Crippen MR) is 81.7 cm³/mol. The summed E-state index contributed by atoms with van der Waals surface area (Å²) in [6.07, 6.45) is 4.66. The molecule has 5 heteroatoms. The summed E-state index contributed by atoms with van der Waals surface area (Å²) in [5, 5.41) is 0. The molecular formula is C16H20N4Ni. The van der Waals surface area contributed by atoms with Crippen molar-refractivity contribution in [3.63, 3.8) is 0 Å². The molecular weight excluding hydrogens is 307 g/mol. The van der Waals surface area contributed by atoms with Crippen LogP contribution in [-0.2, 0) is 16.5 Å². The van der Waals surface area contributed by atoms with E-state index in [4.69, 9.17) is 0 Å². The van der Waals surface area contributed by atoms with E-state index in [0.717, 1.165) is 5.69 Å². The first kappa shape index (κ1) is 17.4. The van der Waals surface area contributed by atoms with Gasteiger partial charge in [0.15, 0.2) is 5.82 Å². The minimum atomic E-state index is 0. The molecule has 0 radical (unpaired) electrons. The molecule has 0 aliphatic heterocycles. The Morgan fingerprint density at radius 1 is 0.952 bits per heavy atom. The maximum absolute atomic E-state index is 4.64. The molecule has 21 heavy (non-hydrogen) atoms. The topological polar surface area (TPSA) is 51.0 Å². The van der Waals surface area contributed by atoms with Gasteiger partial charge < -0.3 is 0 Å². The molecule has 2 aromatic rings. The summed E-state index contributed by atoms with van der Waals surface area (Å²) >= 11 is 0. The molecule has 0 N–H and O–H groups in total. The largest absolute Gasteiger partial charge is 0.252 e. The molecule has 2 rings (SSSR count). The molecule has 0 bridgehead atoms. The van der Waals surface area contributed by atoms with E-state index in [1.807, 2.05) is 0 Å². The molecule has 0 spiro atoms. The van der Waals surface area contributed by atoms with E-state index in [-0.39, 0.29) is 16.5 Å². The number of nitrogens with zero attached hydrogens (tertiary/aromatic N) is 4. The van der Waals surface area contributed by atoms with Crippen LogP contribution in [0.5, 0.6) is 0 Å². The Balaban J connectivity index is 0.00000220. The number of hydrogen-bond donors (Lipinski definition) is 0. The summed E-state index contributed by atoms with van der Waals surface area (Å²) < 4.78 is 0. The van der Waals surface area contributed by atoms with E-state index < -0.39 is 0 Å². The summed E-state index contributed by atoms with van der Waals surface area (Å²) in [5.74, 6) is 1.44. The molecule has 0 saturated heterocycles. The second kappa shape index (κ2) is 7.99. The summed E-state index contributed by atoms with van der Waals surface area (Å²) in [4.78, 5) is 16.6. The molecule has 0 unspecified atom stereocenters. The second-order valence-electron chi connectivity index (χ2n) is 5.35. The van der Waals surface area contributed by atoms with Crippen molar-refractivity contribution in [1.29, 1.82) is 0 Å². The van der Waals surface area contributed by atoms with Crippen molar-refractivity contribution >= 4 is 11.9 Å². The number of aromatic nitrogens is 3. The SMILES string of the molecule is CC(C)c1cccc(C(C)C)c1N=Cc1ncncn1.[Ni]. The molecule has 0 aliphatic carbocycles. The van der Waals surface area contributed by atoms with Crippen LogP contribution in [0.2, 0.25) is 0 Å². The van der Waals surface area contributed by atoms with E-state index in [1.165, 1.54) is 23.8 Å². The smallest absolute Gasteiger partial charge is 0.173 e. The summed E-state index contributed by atoms with van der Waals surface area (Å²) in [7, 11) is 0. The summed E-state index contributed by atoms with van der Waals surface area (Å²) in [6.45, 7) is 8.73. The molecule has 1 aromatic heterocycles. The van der Waals surface area contributed by atoms with E-state index in [2.05, 4.69) is 65.8 Å². The van der Waals surface area contributed by atoms with Gasteiger partial charge in [0.1, 0.15) is 12.7 Å². The fourth-order valence-corrected chi connectivity index (χ4v) is 2.10. The Morgan fingerprint density at radius 2 is 1.48 bits per heavy atom. The minimum Gasteiger partial charge on any atom is -0.252 e. The van der Waals surface area contributed by atoms with Crippen LogP contribution in [-0.4, -0.2) is 21.2 Å². The third-order valence-electron chi connectivity index (χ3n) is 3.16. The maximum atomic E-state index is 4.64. The average molecular weight is 327 g/mol. The van der Waals surface area contributed by atoms with Crippen molar-refractivity contribution in [1.82, 2.24) is 15.0 Å². The van der Waals surface area contributed by atoms with Gasteiger partial charge >= 0.3 is 0 Å². The van der Waals surface area contributed by atoms with Crippen molar-refractivity contribution in [3.8, 4) is 0 Å². The van der Waals surface area contributed by atoms with Crippen molar-refractivity contribution in [2.75, 3.05) is 0 Å². The number of aliphatic imine (C=N–C) groups is 1. The van der Waals surface area contributed by atoms with Crippen LogP contribution in [0.1, 0.15) is 56.5 Å². The minimum absolute atomic E-state index is 0. The molecule has 114 valence electrons. The predicted octanol–water partition coefficient (Wildman–Crippen LogP) is 3.87. The van der Waals surface area contributed by atoms with Crippen LogP contribution in [0, 0.1) is 0 Å². The third kappa shape index (κ3) is 4.43. The van der Waals surface area contributed by atoms with Gasteiger partial charge in [0.05, 0.1) is 11.9 Å². The number of para-hydroxylation sites is 1. The zero-order chi connectivity index (χ0) is 14.5. The van der Waals surface area contributed by atoms with Gasteiger partial charge in [-0.3, -0.25) is 4.99 Å². The van der Waals surface area contributed by atoms with Crippen molar-refractivity contribution in [2.24, 2.45) is 4.99 Å². The van der Waals surface area contributed by atoms with Crippen LogP contribution in [0.4, 0.5) is 5.69 Å². The normalized spacial score (nSPS) is 11.1. The van der Waals surface area contributed by atoms with E-state index in [9.17, 15) is 0 Å². The Kier molecular flexibility index (Phi) is 6.64. The summed E-state index contributed by atoms with van der Waals surface area (Å²) in [5.41, 5.74) is 3.54. The molecule has 4 nitrogen and oxygen atoms in total. The number of rotatable bonds is 4. The van der Waals surface area contributed by atoms with E-state index in [1.54, 1.807) is 6.21 Å². The van der Waals surface area contributed by atoms with Crippen molar-refractivity contribution < 1.29 is 16.5 Å². The third-order valence-corrected chi connectivity index (χ3v) is 3.16. The van der Waals surface area contributed by atoms with Gasteiger partial charge in [-0.25, -0.2) is 15.0 Å². The molecule has 0 saturated carbocycles. The number of hydrogen-bond acceptors (Lipinski definition) is 4. The first-order valence-electron chi connectivity index (χ1n) is 6.88. The van der Waals surface area contributed by atoms with Gasteiger partial charge in [-0.2, -0.15) is 0 Å². The van der Waals surface area contributed by atoms with E-state index in [0.29, 0.717) is 17.7 Å². The van der Waals surface area contributed by atoms with Gasteiger partial charge in [0.2, 0.25) is 0 Å². The fraction of sp³-hybridized carbons (Fsp3) is 0.375. The van der Waals surface area contributed by atoms with Crippen molar-refractivity contribution in [3.05, 3.63) is 47.8 Å². The molecule has 0 fully saturated rings. The Labute approximate surface area is 136 Å². The molecule has 0 atom stereocenters. The Morgan fingerprint density at radius 3 is 1.95 bits per heavy atom. The molecule has 1 heterocycles. The van der Waals surface area contributed by atoms with Crippen LogP contribution < -0.4 is 0 Å². The first-order valence-corrected chi connectivity index (χ1v) is 6.88. The maximum Gasteiger partial charge on any atom is 0.173 e. The second-order valence-corrected chi connectivity index (χ2v) is 5.35. The zero-order valence-electron chi connectivity index (χ0n) is 12.7. The molecule has 1 aromatic carbocycles. The van der Waals surface area contributed by atoms with Gasteiger partial charge in [-0.1, -0.05) is 45.9 Å². The van der Waals surface area contributed by atoms with Crippen LogP contribution in [0.3, 0.4) is 0 Å². The average Bonchev–Trinajstić information content (AvgIpc) is 2.45. The molecule has 0 amide bonds. The van der Waals surface area contributed by atoms with Gasteiger partial charge in [0, 0.05) is 16.5 Å². The van der Waals surface area contributed by atoms with Crippen LogP contribution >= 0.6 is 0 Å². The molecule has 0 aliphatic rings. The Bertz CT molecular complexity index is 568. The quantitative estimate of drug-likeness (QED) is 0.633. The first-order chi connectivity index (χ1) is 9.59. The fourth-order valence-electron chi connectivity index (χ4n) is 2.10. The Hall–Kier alpha value is -1.61. The van der Waals surface area contributed by atoms with Gasteiger partial charge in [-0.05, 0) is 23.0 Å². The van der Waals surface area contributed by atoms with E-state index >= 15 is 0 Å².